The molecule has 0 radical (unpaired) electrons. The van der Waals surface area contributed by atoms with E-state index in [0.717, 1.165) is 48.4 Å². The van der Waals surface area contributed by atoms with Crippen LogP contribution in [0.25, 0.3) is 0 Å². The zero-order chi connectivity index (χ0) is 13.4. The Balaban J connectivity index is 1.89. The summed E-state index contributed by atoms with van der Waals surface area (Å²) in [5.74, 6) is 0. The molecule has 2 unspecified atom stereocenters. The first-order valence-corrected chi connectivity index (χ1v) is 7.76. The van der Waals surface area contributed by atoms with Gasteiger partial charge < -0.3 is 11.1 Å². The number of halogens is 2. The highest BCUT2D eigenvalue weighted by molar-refractivity contribution is 7.58. The molecule has 0 spiro atoms. The first-order valence-electron chi connectivity index (χ1n) is 6.27. The lowest BCUT2D eigenvalue weighted by atomic mass is 9.91. The lowest BCUT2D eigenvalue weighted by Gasteiger charge is -2.29. The lowest BCUT2D eigenvalue weighted by molar-refractivity contribution is 0.409. The molecule has 2 aliphatic rings. The van der Waals surface area contributed by atoms with Gasteiger partial charge in [0.25, 0.3) is 0 Å². The van der Waals surface area contributed by atoms with Crippen molar-refractivity contribution in [3.63, 3.8) is 0 Å². The Morgan fingerprint density at radius 3 is 2.79 bits per heavy atom. The van der Waals surface area contributed by atoms with Crippen molar-refractivity contribution in [1.29, 1.82) is 0 Å². The van der Waals surface area contributed by atoms with Crippen LogP contribution in [-0.4, -0.2) is 12.1 Å². The molecule has 4 nitrogen and oxygen atoms in total. The first-order chi connectivity index (χ1) is 9.15. The van der Waals surface area contributed by atoms with E-state index in [4.69, 9.17) is 28.9 Å². The van der Waals surface area contributed by atoms with Crippen molar-refractivity contribution in [3.8, 4) is 0 Å². The van der Waals surface area contributed by atoms with Gasteiger partial charge in [-0.1, -0.05) is 23.2 Å². The van der Waals surface area contributed by atoms with E-state index in [1.165, 1.54) is 0 Å². The van der Waals surface area contributed by atoms with Gasteiger partial charge in [0.15, 0.2) is 0 Å². The third kappa shape index (κ3) is 2.65. The molecule has 0 bridgehead atoms. The summed E-state index contributed by atoms with van der Waals surface area (Å²) in [6, 6.07) is 2.33. The molecular formula is C12H14Cl2N4S. The van der Waals surface area contributed by atoms with Crippen LogP contribution < -0.4 is 11.1 Å². The van der Waals surface area contributed by atoms with Gasteiger partial charge in [0, 0.05) is 12.1 Å². The number of hydrogen-bond donors (Lipinski definition) is 2. The van der Waals surface area contributed by atoms with E-state index in [0.29, 0.717) is 21.8 Å². The molecule has 102 valence electrons. The molecule has 1 fully saturated rings. The normalized spacial score (nSPS) is 25.0. The van der Waals surface area contributed by atoms with Crippen molar-refractivity contribution in [3.05, 3.63) is 16.1 Å². The van der Waals surface area contributed by atoms with Gasteiger partial charge in [-0.2, -0.15) is 8.73 Å². The zero-order valence-corrected chi connectivity index (χ0v) is 12.5. The molecule has 0 saturated heterocycles. The largest absolute Gasteiger partial charge is 0.379 e. The smallest absolute Gasteiger partial charge is 0.130 e. The number of hydrogen-bond acceptors (Lipinski definition) is 4. The standard InChI is InChI=1S/C12H14Cl2N4S/c13-8-5-9(14)11-12(18-19-17-11)10(8)16-7-3-1-2-6(15)4-7/h5-7,16H,1-4,15H2. The summed E-state index contributed by atoms with van der Waals surface area (Å²) in [5, 5.41) is 4.60. The molecule has 1 heterocycles. The van der Waals surface area contributed by atoms with Crippen LogP contribution in [0.2, 0.25) is 10.0 Å². The van der Waals surface area contributed by atoms with E-state index in [1.54, 1.807) is 6.07 Å². The maximum atomic E-state index is 6.28. The second kappa shape index (κ2) is 5.40. The highest BCUT2D eigenvalue weighted by atomic mass is 35.5. The predicted molar refractivity (Wildman–Crippen MR) is 81.9 cm³/mol. The number of nitrogens with zero attached hydrogens (tertiary/aromatic N) is 2. The van der Waals surface area contributed by atoms with E-state index in [2.05, 4.69) is 14.0 Å². The van der Waals surface area contributed by atoms with E-state index < -0.39 is 0 Å². The quantitative estimate of drug-likeness (QED) is 0.862. The number of rotatable bonds is 2. The van der Waals surface area contributed by atoms with Crippen LogP contribution in [0.1, 0.15) is 25.7 Å². The summed E-state index contributed by atoms with van der Waals surface area (Å²) in [5.41, 5.74) is 8.30. The van der Waals surface area contributed by atoms with Gasteiger partial charge in [-0.3, -0.25) is 0 Å². The predicted octanol–water partition coefficient (Wildman–Crippen LogP) is 4.40. The maximum absolute atomic E-state index is 6.28. The van der Waals surface area contributed by atoms with Crippen LogP contribution in [0, 0.1) is 0 Å². The van der Waals surface area contributed by atoms with E-state index in [1.807, 2.05) is 0 Å². The van der Waals surface area contributed by atoms with Crippen molar-refractivity contribution in [1.82, 2.24) is 0 Å². The Bertz CT molecular complexity index is 584. The van der Waals surface area contributed by atoms with Crippen LogP contribution >= 0.6 is 23.2 Å². The minimum Gasteiger partial charge on any atom is -0.379 e. The van der Waals surface area contributed by atoms with Crippen LogP contribution in [-0.2, 0) is 11.4 Å². The zero-order valence-electron chi connectivity index (χ0n) is 10.2. The average Bonchev–Trinajstić information content (AvgIpc) is 2.84. The molecule has 1 aliphatic carbocycles. The number of nitrogens with two attached hydrogens (primary N) is 1. The van der Waals surface area contributed by atoms with E-state index >= 15 is 0 Å². The molecule has 3 rings (SSSR count). The molecular weight excluding hydrogens is 303 g/mol. The molecule has 0 amide bonds. The molecule has 1 aromatic rings. The average molecular weight is 317 g/mol. The third-order valence-electron chi connectivity index (χ3n) is 3.51. The fourth-order valence-electron chi connectivity index (χ4n) is 2.57. The summed E-state index contributed by atoms with van der Waals surface area (Å²) in [7, 11) is 0. The molecule has 1 aromatic carbocycles. The molecule has 2 atom stereocenters. The maximum Gasteiger partial charge on any atom is 0.130 e. The molecule has 7 heteroatoms. The van der Waals surface area contributed by atoms with Gasteiger partial charge in [0.05, 0.1) is 27.1 Å². The van der Waals surface area contributed by atoms with Crippen LogP contribution in [0.5, 0.6) is 0 Å². The molecule has 1 aliphatic heterocycles. The Labute approximate surface area is 125 Å². The van der Waals surface area contributed by atoms with Crippen molar-refractivity contribution < 1.29 is 0 Å². The van der Waals surface area contributed by atoms with Gasteiger partial charge >= 0.3 is 0 Å². The Hall–Kier alpha value is -0.620. The third-order valence-corrected chi connectivity index (χ3v) is 4.62. The van der Waals surface area contributed by atoms with Crippen molar-refractivity contribution >= 4 is 51.6 Å². The minimum atomic E-state index is 0.265. The lowest BCUT2D eigenvalue weighted by Crippen LogP contribution is -2.34. The van der Waals surface area contributed by atoms with Gasteiger partial charge in [0.2, 0.25) is 0 Å². The monoisotopic (exact) mass is 316 g/mol. The van der Waals surface area contributed by atoms with Crippen LogP contribution in [0.4, 0.5) is 17.1 Å². The van der Waals surface area contributed by atoms with E-state index in [9.17, 15) is 0 Å². The Morgan fingerprint density at radius 1 is 1.21 bits per heavy atom. The summed E-state index contributed by atoms with van der Waals surface area (Å²) in [6.45, 7) is 0. The van der Waals surface area contributed by atoms with Crippen molar-refractivity contribution in [2.45, 2.75) is 37.8 Å². The highest BCUT2D eigenvalue weighted by Gasteiger charge is 2.24. The topological polar surface area (TPSA) is 62.8 Å². The number of anilines is 1. The number of fused-ring (bicyclic) bond motifs is 1. The van der Waals surface area contributed by atoms with Crippen LogP contribution in [0.15, 0.2) is 14.8 Å². The van der Waals surface area contributed by atoms with Gasteiger partial charge in [-0.15, -0.1) is 0 Å². The highest BCUT2D eigenvalue weighted by Crippen LogP contribution is 2.48. The van der Waals surface area contributed by atoms with E-state index in [-0.39, 0.29) is 6.04 Å². The van der Waals surface area contributed by atoms with Crippen LogP contribution in [0.3, 0.4) is 0 Å². The number of benzene rings is 1. The molecule has 1 saturated carbocycles. The summed E-state index contributed by atoms with van der Waals surface area (Å²) < 4.78 is 8.50. The minimum absolute atomic E-state index is 0.265. The number of nitrogens with one attached hydrogen (secondary N) is 1. The summed E-state index contributed by atoms with van der Waals surface area (Å²) in [6.07, 6.45) is 4.30. The van der Waals surface area contributed by atoms with Crippen molar-refractivity contribution in [2.24, 2.45) is 14.5 Å². The van der Waals surface area contributed by atoms with Gasteiger partial charge in [0.1, 0.15) is 11.4 Å². The molecule has 0 aromatic heterocycles. The Kier molecular flexibility index (Phi) is 3.80. The summed E-state index contributed by atoms with van der Waals surface area (Å²) >= 11 is 13.5. The SMILES string of the molecule is NC1CCCC(Nc2c(Cl)cc(Cl)c3c2N=S=N3)C1. The van der Waals surface area contributed by atoms with Crippen molar-refractivity contribution in [2.75, 3.05) is 5.32 Å². The fourth-order valence-corrected chi connectivity index (χ4v) is 3.74. The second-order valence-corrected chi connectivity index (χ2v) is 6.29. The van der Waals surface area contributed by atoms with Gasteiger partial charge in [-0.05, 0) is 31.7 Å². The molecule has 19 heavy (non-hydrogen) atoms. The Morgan fingerprint density at radius 2 is 2.00 bits per heavy atom. The first kappa shape index (κ1) is 13.4. The fraction of sp³-hybridized carbons (Fsp3) is 0.500. The van der Waals surface area contributed by atoms with Gasteiger partial charge in [-0.25, -0.2) is 0 Å². The second-order valence-electron chi connectivity index (χ2n) is 4.94. The summed E-state index contributed by atoms with van der Waals surface area (Å²) in [4.78, 5) is 0. The molecule has 3 N–H and O–H groups in total.